The van der Waals surface area contributed by atoms with E-state index in [9.17, 15) is 19.2 Å². The summed E-state index contributed by atoms with van der Waals surface area (Å²) in [5.74, 6) is -0.833. The van der Waals surface area contributed by atoms with Crippen molar-refractivity contribution in [2.45, 2.75) is 19.8 Å². The van der Waals surface area contributed by atoms with Gasteiger partial charge in [-0.1, -0.05) is 42.0 Å². The van der Waals surface area contributed by atoms with E-state index in [1.165, 1.54) is 12.1 Å². The second-order valence-corrected chi connectivity index (χ2v) is 7.94. The van der Waals surface area contributed by atoms with Gasteiger partial charge >= 0.3 is 5.97 Å². The van der Waals surface area contributed by atoms with Gasteiger partial charge in [-0.25, -0.2) is 0 Å². The number of ketones is 2. The first-order valence-electron chi connectivity index (χ1n) is 10.9. The van der Waals surface area contributed by atoms with E-state index in [0.29, 0.717) is 35.4 Å². The minimum Gasteiger partial charge on any atom is -0.494 e. The minimum atomic E-state index is -0.542. The molecular weight excluding hydrogens is 434 g/mol. The molecule has 1 amide bonds. The highest BCUT2D eigenvalue weighted by Gasteiger charge is 2.29. The fourth-order valence-corrected chi connectivity index (χ4v) is 3.63. The summed E-state index contributed by atoms with van der Waals surface area (Å²) in [5, 5.41) is 2.60. The first-order chi connectivity index (χ1) is 16.4. The fraction of sp³-hybridized carbons (Fsp3) is 0.185. The van der Waals surface area contributed by atoms with Crippen LogP contribution in [-0.4, -0.2) is 36.7 Å². The smallest absolute Gasteiger partial charge is 0.306 e. The Kier molecular flexibility index (Phi) is 6.82. The number of hydrogen-bond acceptors (Lipinski definition) is 6. The molecule has 34 heavy (non-hydrogen) atoms. The van der Waals surface area contributed by atoms with Gasteiger partial charge in [-0.3, -0.25) is 19.2 Å². The summed E-state index contributed by atoms with van der Waals surface area (Å²) in [6.07, 6.45) is 0.574. The lowest BCUT2D eigenvalue weighted by Crippen LogP contribution is -2.23. The lowest BCUT2D eigenvalue weighted by molar-refractivity contribution is -0.147. The number of nitrogens with one attached hydrogen (secondary N) is 1. The molecule has 7 heteroatoms. The molecule has 0 spiro atoms. The molecule has 3 aromatic rings. The van der Waals surface area contributed by atoms with Gasteiger partial charge in [0.05, 0.1) is 6.61 Å². The lowest BCUT2D eigenvalue weighted by atomic mass is 9.84. The average Bonchev–Trinajstić information content (AvgIpc) is 2.85. The van der Waals surface area contributed by atoms with Gasteiger partial charge < -0.3 is 14.8 Å². The molecule has 0 aliphatic heterocycles. The van der Waals surface area contributed by atoms with Crippen LogP contribution in [0.4, 0.5) is 5.69 Å². The maximum absolute atomic E-state index is 12.8. The van der Waals surface area contributed by atoms with E-state index in [1.807, 2.05) is 31.2 Å². The van der Waals surface area contributed by atoms with Gasteiger partial charge in [0.1, 0.15) is 5.75 Å². The van der Waals surface area contributed by atoms with Crippen LogP contribution in [0.15, 0.2) is 66.7 Å². The Morgan fingerprint density at radius 2 is 1.47 bits per heavy atom. The summed E-state index contributed by atoms with van der Waals surface area (Å²) in [4.78, 5) is 49.6. The fourth-order valence-electron chi connectivity index (χ4n) is 3.63. The van der Waals surface area contributed by atoms with E-state index in [-0.39, 0.29) is 23.6 Å². The third-order valence-corrected chi connectivity index (χ3v) is 5.39. The molecule has 0 fully saturated rings. The van der Waals surface area contributed by atoms with Crippen LogP contribution in [0.2, 0.25) is 0 Å². The minimum absolute atomic E-state index is 0.119. The number of amides is 1. The summed E-state index contributed by atoms with van der Waals surface area (Å²) >= 11 is 0. The number of aryl methyl sites for hydroxylation is 1. The van der Waals surface area contributed by atoms with Crippen LogP contribution in [0.5, 0.6) is 5.75 Å². The molecule has 0 unspecified atom stereocenters. The molecule has 0 aromatic heterocycles. The van der Waals surface area contributed by atoms with Crippen molar-refractivity contribution in [1.82, 2.24) is 0 Å². The van der Waals surface area contributed by atoms with Crippen LogP contribution in [0.1, 0.15) is 50.2 Å². The molecule has 0 saturated heterocycles. The van der Waals surface area contributed by atoms with Crippen molar-refractivity contribution in [3.05, 3.63) is 94.5 Å². The van der Waals surface area contributed by atoms with Crippen molar-refractivity contribution >= 4 is 29.1 Å². The third-order valence-electron chi connectivity index (χ3n) is 5.39. The van der Waals surface area contributed by atoms with Crippen LogP contribution in [0, 0.1) is 6.92 Å². The van der Waals surface area contributed by atoms with Crippen molar-refractivity contribution < 1.29 is 28.7 Å². The molecule has 1 N–H and O–H groups in total. The van der Waals surface area contributed by atoms with Crippen molar-refractivity contribution in [1.29, 1.82) is 0 Å². The Balaban J connectivity index is 1.25. The van der Waals surface area contributed by atoms with Crippen molar-refractivity contribution in [3.8, 4) is 5.75 Å². The van der Waals surface area contributed by atoms with Crippen LogP contribution in [0.3, 0.4) is 0 Å². The van der Waals surface area contributed by atoms with Crippen LogP contribution in [-0.2, 0) is 14.3 Å². The van der Waals surface area contributed by atoms with E-state index < -0.39 is 18.5 Å². The standard InChI is InChI=1S/C27H23NO6/c1-17-8-11-19(12-9-17)33-14-4-7-25(30)34-16-24(29)28-18-10-13-22-23(15-18)27(32)21-6-3-2-5-20(21)26(22)31/h2-3,5-6,8-13,15H,4,7,14,16H2,1H3,(H,28,29). The Hall–Kier alpha value is -4.26. The Morgan fingerprint density at radius 3 is 2.18 bits per heavy atom. The molecule has 1 aliphatic rings. The van der Waals surface area contributed by atoms with E-state index in [1.54, 1.807) is 30.3 Å². The summed E-state index contributed by atoms with van der Waals surface area (Å²) < 4.78 is 10.6. The summed E-state index contributed by atoms with van der Waals surface area (Å²) in [6.45, 7) is 1.89. The molecule has 3 aromatic carbocycles. The molecule has 4 rings (SSSR count). The van der Waals surface area contributed by atoms with E-state index >= 15 is 0 Å². The molecule has 0 saturated carbocycles. The molecule has 1 aliphatic carbocycles. The quantitative estimate of drug-likeness (QED) is 0.316. The third kappa shape index (κ3) is 5.20. The van der Waals surface area contributed by atoms with Crippen molar-refractivity contribution in [2.24, 2.45) is 0 Å². The van der Waals surface area contributed by atoms with Gasteiger partial charge in [0.25, 0.3) is 5.91 Å². The first-order valence-corrected chi connectivity index (χ1v) is 10.9. The highest BCUT2D eigenvalue weighted by molar-refractivity contribution is 6.28. The van der Waals surface area contributed by atoms with E-state index in [0.717, 1.165) is 11.3 Å². The zero-order chi connectivity index (χ0) is 24.1. The first kappa shape index (κ1) is 22.9. The maximum atomic E-state index is 12.8. The summed E-state index contributed by atoms with van der Waals surface area (Å²) in [6, 6.07) is 18.8. The van der Waals surface area contributed by atoms with Crippen LogP contribution in [0.25, 0.3) is 0 Å². The molecule has 172 valence electrons. The van der Waals surface area contributed by atoms with Crippen molar-refractivity contribution in [2.75, 3.05) is 18.5 Å². The van der Waals surface area contributed by atoms with Gasteiger partial charge in [0, 0.05) is 34.4 Å². The Labute approximate surface area is 196 Å². The molecule has 0 radical (unpaired) electrons. The number of rotatable bonds is 8. The molecular formula is C27H23NO6. The largest absolute Gasteiger partial charge is 0.494 e. The van der Waals surface area contributed by atoms with E-state index in [2.05, 4.69) is 5.32 Å². The van der Waals surface area contributed by atoms with Gasteiger partial charge in [-0.05, 0) is 43.7 Å². The molecule has 7 nitrogen and oxygen atoms in total. The average molecular weight is 457 g/mol. The Morgan fingerprint density at radius 1 is 0.824 bits per heavy atom. The zero-order valence-electron chi connectivity index (χ0n) is 18.6. The summed E-state index contributed by atoms with van der Waals surface area (Å²) in [7, 11) is 0. The number of carbonyl (C=O) groups is 4. The number of benzene rings is 3. The second-order valence-electron chi connectivity index (χ2n) is 7.94. The normalized spacial score (nSPS) is 11.9. The molecule has 0 bridgehead atoms. The second kappa shape index (κ2) is 10.1. The monoisotopic (exact) mass is 457 g/mol. The van der Waals surface area contributed by atoms with Gasteiger partial charge in [0.15, 0.2) is 18.2 Å². The predicted molar refractivity (Wildman–Crippen MR) is 125 cm³/mol. The highest BCUT2D eigenvalue weighted by atomic mass is 16.5. The van der Waals surface area contributed by atoms with Crippen molar-refractivity contribution in [3.63, 3.8) is 0 Å². The Bertz CT molecular complexity index is 1260. The summed E-state index contributed by atoms with van der Waals surface area (Å²) in [5.41, 5.74) is 2.70. The maximum Gasteiger partial charge on any atom is 0.306 e. The van der Waals surface area contributed by atoms with Crippen LogP contribution >= 0.6 is 0 Å². The van der Waals surface area contributed by atoms with Gasteiger partial charge in [-0.15, -0.1) is 0 Å². The molecule has 0 atom stereocenters. The van der Waals surface area contributed by atoms with Crippen LogP contribution < -0.4 is 10.1 Å². The number of carbonyl (C=O) groups excluding carboxylic acids is 4. The topological polar surface area (TPSA) is 98.8 Å². The van der Waals surface area contributed by atoms with E-state index in [4.69, 9.17) is 9.47 Å². The molecule has 0 heterocycles. The number of fused-ring (bicyclic) bond motifs is 2. The van der Waals surface area contributed by atoms with Gasteiger partial charge in [0.2, 0.25) is 0 Å². The SMILES string of the molecule is Cc1ccc(OCCCC(=O)OCC(=O)Nc2ccc3c(c2)C(=O)c2ccccc2C3=O)cc1. The zero-order valence-corrected chi connectivity index (χ0v) is 18.6. The number of hydrogen-bond donors (Lipinski definition) is 1. The predicted octanol–water partition coefficient (Wildman–Crippen LogP) is 4.11. The number of anilines is 1. The number of ether oxygens (including phenoxy) is 2. The number of esters is 1. The highest BCUT2D eigenvalue weighted by Crippen LogP contribution is 2.29. The van der Waals surface area contributed by atoms with Gasteiger partial charge in [-0.2, -0.15) is 0 Å². The lowest BCUT2D eigenvalue weighted by Gasteiger charge is -2.18.